The molecular formula is C10H12Cl2N2O. The monoisotopic (exact) mass is 246 g/mol. The Labute approximate surface area is 99.0 Å². The smallest absolute Gasteiger partial charge is 0.167 e. The van der Waals surface area contributed by atoms with Crippen molar-refractivity contribution in [3.63, 3.8) is 0 Å². The van der Waals surface area contributed by atoms with Crippen LogP contribution in [0.5, 0.6) is 0 Å². The van der Waals surface area contributed by atoms with Crippen molar-refractivity contribution >= 4 is 35.0 Å². The lowest BCUT2D eigenvalue weighted by Gasteiger charge is -2.03. The van der Waals surface area contributed by atoms with Crippen LogP contribution < -0.4 is 5.73 Å². The third-order valence-electron chi connectivity index (χ3n) is 2.38. The van der Waals surface area contributed by atoms with Gasteiger partial charge >= 0.3 is 0 Å². The van der Waals surface area contributed by atoms with Crippen LogP contribution >= 0.6 is 24.0 Å². The molecule has 2 N–H and O–H groups in total. The fourth-order valence-corrected chi connectivity index (χ4v) is 1.79. The normalized spacial score (nSPS) is 10.4. The van der Waals surface area contributed by atoms with Gasteiger partial charge in [-0.2, -0.15) is 0 Å². The molecule has 1 heterocycles. The summed E-state index contributed by atoms with van der Waals surface area (Å²) in [6.45, 7) is 4.26. The summed E-state index contributed by atoms with van der Waals surface area (Å²) in [7, 11) is 0. The highest BCUT2D eigenvalue weighted by Gasteiger charge is 2.13. The third-order valence-corrected chi connectivity index (χ3v) is 2.96. The van der Waals surface area contributed by atoms with Crippen molar-refractivity contribution in [1.82, 2.24) is 5.16 Å². The first-order valence-corrected chi connectivity index (χ1v) is 4.77. The number of nitrogens with zero attached hydrogens (tertiary/aromatic N) is 1. The number of hydrogen-bond acceptors (Lipinski definition) is 3. The molecule has 0 saturated carbocycles. The number of benzene rings is 1. The van der Waals surface area contributed by atoms with Crippen LogP contribution in [0, 0.1) is 13.8 Å². The van der Waals surface area contributed by atoms with E-state index in [1.807, 2.05) is 19.9 Å². The van der Waals surface area contributed by atoms with E-state index in [-0.39, 0.29) is 12.4 Å². The van der Waals surface area contributed by atoms with E-state index in [0.717, 1.165) is 32.8 Å². The van der Waals surface area contributed by atoms with Gasteiger partial charge in [-0.25, -0.2) is 0 Å². The maximum atomic E-state index is 6.13. The molecule has 82 valence electrons. The summed E-state index contributed by atoms with van der Waals surface area (Å²) in [5.41, 5.74) is 9.06. The summed E-state index contributed by atoms with van der Waals surface area (Å²) in [5.74, 6) is 0. The van der Waals surface area contributed by atoms with Crippen LogP contribution in [-0.4, -0.2) is 5.16 Å². The first-order chi connectivity index (χ1) is 6.65. The van der Waals surface area contributed by atoms with E-state index in [2.05, 4.69) is 5.16 Å². The predicted molar refractivity (Wildman–Crippen MR) is 63.6 cm³/mol. The zero-order chi connectivity index (χ0) is 10.3. The third kappa shape index (κ3) is 1.83. The van der Waals surface area contributed by atoms with Gasteiger partial charge in [0.2, 0.25) is 0 Å². The van der Waals surface area contributed by atoms with Gasteiger partial charge in [-0.15, -0.1) is 12.4 Å². The number of aryl methyl sites for hydroxylation is 2. The van der Waals surface area contributed by atoms with Crippen molar-refractivity contribution in [1.29, 1.82) is 0 Å². The van der Waals surface area contributed by atoms with Crippen LogP contribution in [0.15, 0.2) is 10.6 Å². The second kappa shape index (κ2) is 4.39. The molecule has 0 amide bonds. The van der Waals surface area contributed by atoms with Crippen LogP contribution in [0.1, 0.15) is 16.8 Å². The maximum absolute atomic E-state index is 6.13. The number of halogens is 2. The molecule has 0 saturated heterocycles. The highest BCUT2D eigenvalue weighted by Crippen LogP contribution is 2.30. The van der Waals surface area contributed by atoms with Gasteiger partial charge in [-0.1, -0.05) is 16.8 Å². The molecule has 0 fully saturated rings. The average molecular weight is 247 g/mol. The fraction of sp³-hybridized carbons (Fsp3) is 0.300. The Kier molecular flexibility index (Phi) is 3.60. The van der Waals surface area contributed by atoms with Gasteiger partial charge in [0.1, 0.15) is 5.69 Å². The molecule has 0 radical (unpaired) electrons. The lowest BCUT2D eigenvalue weighted by atomic mass is 10.1. The summed E-state index contributed by atoms with van der Waals surface area (Å²) in [6.07, 6.45) is 0. The van der Waals surface area contributed by atoms with Gasteiger partial charge in [-0.3, -0.25) is 0 Å². The second-order valence-corrected chi connectivity index (χ2v) is 3.72. The number of aromatic nitrogens is 1. The number of nitrogens with two attached hydrogens (primary N) is 1. The summed E-state index contributed by atoms with van der Waals surface area (Å²) in [6, 6.07) is 1.89. The highest BCUT2D eigenvalue weighted by molar-refractivity contribution is 6.33. The van der Waals surface area contributed by atoms with E-state index in [1.165, 1.54) is 0 Å². The topological polar surface area (TPSA) is 52.0 Å². The van der Waals surface area contributed by atoms with Crippen LogP contribution in [0.3, 0.4) is 0 Å². The molecule has 5 heteroatoms. The SMILES string of the molecule is Cc1cc2onc(CN)c2c(C)c1Cl.Cl. The maximum Gasteiger partial charge on any atom is 0.167 e. The highest BCUT2D eigenvalue weighted by atomic mass is 35.5. The Hall–Kier alpha value is -0.770. The molecule has 0 spiro atoms. The average Bonchev–Trinajstić information content (AvgIpc) is 2.57. The van der Waals surface area contributed by atoms with E-state index in [1.54, 1.807) is 0 Å². The molecule has 3 nitrogen and oxygen atoms in total. The van der Waals surface area contributed by atoms with Crippen molar-refractivity contribution in [2.45, 2.75) is 20.4 Å². The molecular weight excluding hydrogens is 235 g/mol. The van der Waals surface area contributed by atoms with Crippen molar-refractivity contribution in [3.8, 4) is 0 Å². The Morgan fingerprint density at radius 3 is 2.73 bits per heavy atom. The zero-order valence-corrected chi connectivity index (χ0v) is 10.1. The molecule has 15 heavy (non-hydrogen) atoms. The van der Waals surface area contributed by atoms with Gasteiger partial charge < -0.3 is 10.3 Å². The zero-order valence-electron chi connectivity index (χ0n) is 8.50. The van der Waals surface area contributed by atoms with E-state index in [9.17, 15) is 0 Å². The Balaban J connectivity index is 0.00000112. The molecule has 0 atom stereocenters. The minimum absolute atomic E-state index is 0. The van der Waals surface area contributed by atoms with Crippen LogP contribution in [0.25, 0.3) is 11.0 Å². The van der Waals surface area contributed by atoms with Crippen molar-refractivity contribution in [3.05, 3.63) is 27.9 Å². The largest absolute Gasteiger partial charge is 0.356 e. The molecule has 0 aliphatic rings. The van der Waals surface area contributed by atoms with E-state index < -0.39 is 0 Å². The fourth-order valence-electron chi connectivity index (χ4n) is 1.64. The molecule has 1 aromatic carbocycles. The van der Waals surface area contributed by atoms with E-state index in [4.69, 9.17) is 21.9 Å². The van der Waals surface area contributed by atoms with Crippen molar-refractivity contribution in [2.24, 2.45) is 5.73 Å². The standard InChI is InChI=1S/C10H11ClN2O.ClH/c1-5-3-8-9(6(2)10(5)11)7(4-12)13-14-8;/h3H,4,12H2,1-2H3;1H. The Morgan fingerprint density at radius 1 is 1.47 bits per heavy atom. The van der Waals surface area contributed by atoms with Gasteiger partial charge in [0.25, 0.3) is 0 Å². The summed E-state index contributed by atoms with van der Waals surface area (Å²) in [5, 5.41) is 5.61. The summed E-state index contributed by atoms with van der Waals surface area (Å²) >= 11 is 6.13. The van der Waals surface area contributed by atoms with Gasteiger partial charge in [0.15, 0.2) is 5.58 Å². The van der Waals surface area contributed by atoms with Gasteiger partial charge in [-0.05, 0) is 31.0 Å². The lowest BCUT2D eigenvalue weighted by molar-refractivity contribution is 0.446. The van der Waals surface area contributed by atoms with E-state index >= 15 is 0 Å². The molecule has 0 aliphatic carbocycles. The number of rotatable bonds is 1. The molecule has 2 aromatic rings. The quantitative estimate of drug-likeness (QED) is 0.842. The molecule has 2 rings (SSSR count). The van der Waals surface area contributed by atoms with Gasteiger partial charge in [0, 0.05) is 11.6 Å². The summed E-state index contributed by atoms with van der Waals surface area (Å²) < 4.78 is 5.17. The van der Waals surface area contributed by atoms with Crippen LogP contribution in [0.4, 0.5) is 0 Å². The molecule has 0 bridgehead atoms. The van der Waals surface area contributed by atoms with Crippen molar-refractivity contribution in [2.75, 3.05) is 0 Å². The van der Waals surface area contributed by atoms with E-state index in [0.29, 0.717) is 6.54 Å². The van der Waals surface area contributed by atoms with Gasteiger partial charge in [0.05, 0.1) is 5.39 Å². The number of hydrogen-bond donors (Lipinski definition) is 1. The number of fused-ring (bicyclic) bond motifs is 1. The Morgan fingerprint density at radius 2 is 2.13 bits per heavy atom. The lowest BCUT2D eigenvalue weighted by Crippen LogP contribution is -1.97. The first-order valence-electron chi connectivity index (χ1n) is 4.39. The first kappa shape index (κ1) is 12.3. The minimum atomic E-state index is 0. The van der Waals surface area contributed by atoms with Crippen molar-refractivity contribution < 1.29 is 4.52 Å². The second-order valence-electron chi connectivity index (χ2n) is 3.34. The van der Waals surface area contributed by atoms with Crippen LogP contribution in [-0.2, 0) is 6.54 Å². The summed E-state index contributed by atoms with van der Waals surface area (Å²) in [4.78, 5) is 0. The Bertz CT molecular complexity index is 494. The molecule has 0 aliphatic heterocycles. The molecule has 1 aromatic heterocycles. The predicted octanol–water partition coefficient (Wildman–Crippen LogP) is 2.98. The molecule has 0 unspecified atom stereocenters. The minimum Gasteiger partial charge on any atom is -0.356 e. The van der Waals surface area contributed by atoms with Crippen LogP contribution in [0.2, 0.25) is 5.02 Å².